The molecule has 1 atom stereocenters. The first-order valence-electron chi connectivity index (χ1n) is 8.68. The number of anilines is 1. The van der Waals surface area contributed by atoms with Gasteiger partial charge in [-0.2, -0.15) is 0 Å². The van der Waals surface area contributed by atoms with Crippen LogP contribution in [-0.2, 0) is 6.42 Å². The van der Waals surface area contributed by atoms with Gasteiger partial charge >= 0.3 is 0 Å². The van der Waals surface area contributed by atoms with Crippen molar-refractivity contribution in [1.29, 1.82) is 0 Å². The lowest BCUT2D eigenvalue weighted by Gasteiger charge is -2.34. The monoisotopic (exact) mass is 321 g/mol. The van der Waals surface area contributed by atoms with Crippen molar-refractivity contribution >= 4 is 16.9 Å². The van der Waals surface area contributed by atoms with Crippen LogP contribution in [0.25, 0.3) is 11.0 Å². The minimum atomic E-state index is 0.598. The van der Waals surface area contributed by atoms with Gasteiger partial charge in [-0.15, -0.1) is 0 Å². The minimum absolute atomic E-state index is 0.598. The Morgan fingerprint density at radius 2 is 2.08 bits per heavy atom. The fraction of sp³-hybridized carbons (Fsp3) is 0.421. The molecule has 1 aromatic carbocycles. The lowest BCUT2D eigenvalue weighted by molar-refractivity contribution is 0.405. The summed E-state index contributed by atoms with van der Waals surface area (Å²) < 4.78 is 0. The third-order valence-corrected chi connectivity index (χ3v) is 4.79. The summed E-state index contributed by atoms with van der Waals surface area (Å²) in [6.45, 7) is 6.14. The van der Waals surface area contributed by atoms with Gasteiger partial charge in [-0.1, -0.05) is 12.1 Å². The molecule has 1 N–H and O–H groups in total. The molecule has 3 heterocycles. The fourth-order valence-corrected chi connectivity index (χ4v) is 3.62. The maximum Gasteiger partial charge on any atom is 0.150 e. The van der Waals surface area contributed by atoms with E-state index in [0.29, 0.717) is 5.92 Å². The van der Waals surface area contributed by atoms with Crippen molar-refractivity contribution in [3.8, 4) is 0 Å². The number of para-hydroxylation sites is 2. The van der Waals surface area contributed by atoms with Gasteiger partial charge in [0.15, 0.2) is 0 Å². The summed E-state index contributed by atoms with van der Waals surface area (Å²) in [5.74, 6) is 2.74. The minimum Gasteiger partial charge on any atom is -0.355 e. The second-order valence-corrected chi connectivity index (χ2v) is 6.78. The molecule has 3 aromatic rings. The van der Waals surface area contributed by atoms with Crippen LogP contribution in [0.4, 0.5) is 5.82 Å². The van der Waals surface area contributed by atoms with Crippen molar-refractivity contribution in [2.75, 3.05) is 18.0 Å². The van der Waals surface area contributed by atoms with Crippen molar-refractivity contribution in [1.82, 2.24) is 19.9 Å². The molecule has 1 aliphatic rings. The summed E-state index contributed by atoms with van der Waals surface area (Å²) >= 11 is 0. The van der Waals surface area contributed by atoms with Crippen LogP contribution in [0.3, 0.4) is 0 Å². The van der Waals surface area contributed by atoms with E-state index in [4.69, 9.17) is 9.97 Å². The molecule has 1 fully saturated rings. The number of rotatable bonds is 3. The Balaban J connectivity index is 1.51. The number of nitrogens with one attached hydrogen (secondary N) is 1. The molecule has 5 heteroatoms. The molecule has 0 radical (unpaired) electrons. The molecule has 1 saturated heterocycles. The lowest BCUT2D eigenvalue weighted by Crippen LogP contribution is -2.37. The van der Waals surface area contributed by atoms with E-state index in [9.17, 15) is 0 Å². The van der Waals surface area contributed by atoms with Crippen LogP contribution in [0.1, 0.15) is 30.1 Å². The van der Waals surface area contributed by atoms with Gasteiger partial charge in [0.2, 0.25) is 0 Å². The number of hydrogen-bond acceptors (Lipinski definition) is 4. The van der Waals surface area contributed by atoms with Crippen molar-refractivity contribution in [2.24, 2.45) is 5.92 Å². The van der Waals surface area contributed by atoms with Crippen LogP contribution < -0.4 is 4.90 Å². The Morgan fingerprint density at radius 1 is 1.21 bits per heavy atom. The fourth-order valence-electron chi connectivity index (χ4n) is 3.62. The molecule has 5 nitrogen and oxygen atoms in total. The van der Waals surface area contributed by atoms with Crippen LogP contribution in [0.2, 0.25) is 0 Å². The van der Waals surface area contributed by atoms with E-state index >= 15 is 0 Å². The Labute approximate surface area is 142 Å². The zero-order valence-electron chi connectivity index (χ0n) is 14.3. The summed E-state index contributed by atoms with van der Waals surface area (Å²) in [7, 11) is 0. The Morgan fingerprint density at radius 3 is 2.96 bits per heavy atom. The van der Waals surface area contributed by atoms with Crippen molar-refractivity contribution in [2.45, 2.75) is 33.1 Å². The van der Waals surface area contributed by atoms with E-state index in [0.717, 1.165) is 53.6 Å². The third kappa shape index (κ3) is 2.98. The number of hydrogen-bond donors (Lipinski definition) is 1. The van der Waals surface area contributed by atoms with Gasteiger partial charge in [0, 0.05) is 25.7 Å². The number of aromatic amines is 1. The first-order chi connectivity index (χ1) is 11.7. The maximum absolute atomic E-state index is 4.73. The summed E-state index contributed by atoms with van der Waals surface area (Å²) in [6, 6.07) is 8.24. The Bertz CT molecular complexity index is 821. The average Bonchev–Trinajstić information content (AvgIpc) is 2.99. The Hall–Kier alpha value is -2.43. The smallest absolute Gasteiger partial charge is 0.150 e. The van der Waals surface area contributed by atoms with Crippen LogP contribution in [0.5, 0.6) is 0 Å². The molecular weight excluding hydrogens is 298 g/mol. The van der Waals surface area contributed by atoms with Crippen LogP contribution >= 0.6 is 0 Å². The van der Waals surface area contributed by atoms with E-state index in [1.807, 2.05) is 32.2 Å². The molecule has 0 amide bonds. The molecule has 0 spiro atoms. The van der Waals surface area contributed by atoms with Crippen molar-refractivity contribution in [3.63, 3.8) is 0 Å². The number of aromatic nitrogens is 4. The highest BCUT2D eigenvalue weighted by Gasteiger charge is 2.23. The predicted molar refractivity (Wildman–Crippen MR) is 96.2 cm³/mol. The summed E-state index contributed by atoms with van der Waals surface area (Å²) in [4.78, 5) is 19.8. The Kier molecular flexibility index (Phi) is 3.92. The second-order valence-electron chi connectivity index (χ2n) is 6.78. The number of aryl methyl sites for hydroxylation is 2. The van der Waals surface area contributed by atoms with Gasteiger partial charge in [0.05, 0.1) is 22.4 Å². The molecular formula is C19H23N5. The van der Waals surface area contributed by atoms with Gasteiger partial charge < -0.3 is 9.88 Å². The first kappa shape index (κ1) is 15.1. The molecule has 124 valence electrons. The van der Waals surface area contributed by atoms with E-state index in [-0.39, 0.29) is 0 Å². The van der Waals surface area contributed by atoms with Gasteiger partial charge in [-0.05, 0) is 44.7 Å². The number of H-pyrrole nitrogens is 1. The molecule has 24 heavy (non-hydrogen) atoms. The normalized spacial score (nSPS) is 18.2. The van der Waals surface area contributed by atoms with E-state index in [1.165, 1.54) is 12.8 Å². The molecule has 4 rings (SSSR count). The van der Waals surface area contributed by atoms with E-state index in [2.05, 4.69) is 27.0 Å². The van der Waals surface area contributed by atoms with Gasteiger partial charge in [0.25, 0.3) is 0 Å². The number of fused-ring (bicyclic) bond motifs is 1. The highest BCUT2D eigenvalue weighted by Crippen LogP contribution is 2.26. The molecule has 0 saturated carbocycles. The molecule has 0 aliphatic carbocycles. The number of imidazole rings is 1. The summed E-state index contributed by atoms with van der Waals surface area (Å²) in [5.41, 5.74) is 4.18. The lowest BCUT2D eigenvalue weighted by atomic mass is 9.94. The average molecular weight is 321 g/mol. The van der Waals surface area contributed by atoms with E-state index < -0.39 is 0 Å². The first-order valence-corrected chi connectivity index (χ1v) is 8.68. The zero-order chi connectivity index (χ0) is 16.5. The van der Waals surface area contributed by atoms with Crippen molar-refractivity contribution in [3.05, 3.63) is 47.7 Å². The quantitative estimate of drug-likeness (QED) is 0.803. The number of piperidine rings is 1. The topological polar surface area (TPSA) is 57.7 Å². The zero-order valence-corrected chi connectivity index (χ0v) is 14.3. The van der Waals surface area contributed by atoms with Gasteiger partial charge in [-0.25, -0.2) is 9.97 Å². The van der Waals surface area contributed by atoms with E-state index in [1.54, 1.807) is 0 Å². The molecule has 1 aliphatic heterocycles. The van der Waals surface area contributed by atoms with Crippen molar-refractivity contribution < 1.29 is 0 Å². The summed E-state index contributed by atoms with van der Waals surface area (Å²) in [5, 5.41) is 0. The number of benzene rings is 1. The van der Waals surface area contributed by atoms with Crippen LogP contribution in [0, 0.1) is 19.8 Å². The number of nitrogens with zero attached hydrogens (tertiary/aromatic N) is 4. The maximum atomic E-state index is 4.73. The standard InChI is InChI=1S/C19H23N5/c1-13-11-20-14(2)19(21-13)24-9-5-6-15(12-24)10-18-22-16-7-3-4-8-17(16)23-18/h3-4,7-8,11,15H,5-6,9-10,12H2,1-2H3,(H,22,23). The van der Waals surface area contributed by atoms with Gasteiger partial charge in [0.1, 0.15) is 11.6 Å². The largest absolute Gasteiger partial charge is 0.355 e. The summed E-state index contributed by atoms with van der Waals surface area (Å²) in [6.07, 6.45) is 5.27. The van der Waals surface area contributed by atoms with Crippen LogP contribution in [-0.4, -0.2) is 33.0 Å². The molecule has 2 aromatic heterocycles. The second kappa shape index (κ2) is 6.23. The van der Waals surface area contributed by atoms with Gasteiger partial charge in [-0.3, -0.25) is 4.98 Å². The molecule has 1 unspecified atom stereocenters. The molecule has 0 bridgehead atoms. The third-order valence-electron chi connectivity index (χ3n) is 4.79. The SMILES string of the molecule is Cc1cnc(C)c(N2CCCC(Cc3nc4ccccc4[nH]3)C2)n1. The highest BCUT2D eigenvalue weighted by atomic mass is 15.2. The predicted octanol–water partition coefficient (Wildman–Crippen LogP) is 3.43. The highest BCUT2D eigenvalue weighted by molar-refractivity contribution is 5.74. The van der Waals surface area contributed by atoms with Crippen LogP contribution in [0.15, 0.2) is 30.5 Å².